The first-order chi connectivity index (χ1) is 12.5. The van der Waals surface area contributed by atoms with Crippen molar-refractivity contribution in [3.63, 3.8) is 0 Å². The van der Waals surface area contributed by atoms with Crippen molar-refractivity contribution in [2.45, 2.75) is 57.2 Å². The topological polar surface area (TPSA) is 81.9 Å². The summed E-state index contributed by atoms with van der Waals surface area (Å²) in [5, 5.41) is 0.909. The third kappa shape index (κ3) is 5.74. The lowest BCUT2D eigenvalue weighted by molar-refractivity contribution is -0.142. The largest absolute Gasteiger partial charge is 0.469 e. The zero-order valence-electron chi connectivity index (χ0n) is 16.0. The first kappa shape index (κ1) is 21.8. The minimum Gasteiger partial charge on any atom is -0.469 e. The van der Waals surface area contributed by atoms with E-state index in [0.29, 0.717) is 16.5 Å². The zero-order valence-corrected chi connectivity index (χ0v) is 17.5. The van der Waals surface area contributed by atoms with Crippen molar-refractivity contribution in [3.05, 3.63) is 33.8 Å². The van der Waals surface area contributed by atoms with Gasteiger partial charge in [0.15, 0.2) is 0 Å². The normalized spacial score (nSPS) is 23.1. The molecule has 2 N–H and O–H groups in total. The van der Waals surface area contributed by atoms with Gasteiger partial charge in [0.05, 0.1) is 23.6 Å². The van der Waals surface area contributed by atoms with Gasteiger partial charge < -0.3 is 20.1 Å². The van der Waals surface area contributed by atoms with Crippen LogP contribution in [0.25, 0.3) is 0 Å². The molecule has 150 valence electrons. The average molecular weight is 417 g/mol. The Hall–Kier alpha value is -1.50. The van der Waals surface area contributed by atoms with E-state index in [1.54, 1.807) is 32.9 Å². The summed E-state index contributed by atoms with van der Waals surface area (Å²) in [5.41, 5.74) is 6.66. The minimum atomic E-state index is -0.641. The lowest BCUT2D eigenvalue weighted by atomic mass is 9.81. The summed E-state index contributed by atoms with van der Waals surface area (Å²) in [6.45, 7) is 5.65. The Morgan fingerprint density at radius 1 is 1.26 bits per heavy atom. The van der Waals surface area contributed by atoms with E-state index in [1.165, 1.54) is 12.0 Å². The van der Waals surface area contributed by atoms with Gasteiger partial charge in [0.25, 0.3) is 0 Å². The first-order valence-electron chi connectivity index (χ1n) is 8.78. The lowest BCUT2D eigenvalue weighted by Crippen LogP contribution is -2.56. The molecular formula is C19H26Cl2N2O4. The number of nitrogens with zero attached hydrogens (tertiary/aromatic N) is 1. The van der Waals surface area contributed by atoms with Crippen molar-refractivity contribution in [2.24, 2.45) is 5.73 Å². The molecule has 0 bridgehead atoms. The van der Waals surface area contributed by atoms with E-state index in [9.17, 15) is 9.59 Å². The molecule has 0 aliphatic carbocycles. The van der Waals surface area contributed by atoms with Crippen molar-refractivity contribution in [2.75, 3.05) is 13.7 Å². The summed E-state index contributed by atoms with van der Waals surface area (Å²) >= 11 is 12.1. The third-order valence-electron chi connectivity index (χ3n) is 4.52. The third-order valence-corrected chi connectivity index (χ3v) is 5.26. The number of carbonyl (C=O) groups is 2. The number of amides is 1. The van der Waals surface area contributed by atoms with Crippen LogP contribution < -0.4 is 5.73 Å². The van der Waals surface area contributed by atoms with Crippen molar-refractivity contribution >= 4 is 35.3 Å². The van der Waals surface area contributed by atoms with E-state index in [-0.39, 0.29) is 31.0 Å². The van der Waals surface area contributed by atoms with Crippen LogP contribution >= 0.6 is 23.2 Å². The highest BCUT2D eigenvalue weighted by molar-refractivity contribution is 6.42. The van der Waals surface area contributed by atoms with E-state index in [2.05, 4.69) is 0 Å². The van der Waals surface area contributed by atoms with Crippen LogP contribution in [-0.2, 0) is 14.3 Å². The predicted molar refractivity (Wildman–Crippen MR) is 105 cm³/mol. The number of esters is 1. The summed E-state index contributed by atoms with van der Waals surface area (Å²) in [6, 6.07) is 4.67. The highest BCUT2D eigenvalue weighted by Crippen LogP contribution is 2.35. The Bertz CT molecular complexity index is 705. The van der Waals surface area contributed by atoms with Gasteiger partial charge in [0.1, 0.15) is 5.60 Å². The SMILES string of the molecule is COC(=O)CC1C[C@@H](c2ccc(Cl)c(Cl)c2)[C@H](N)CN1C(=O)OC(C)(C)C. The molecule has 0 aromatic heterocycles. The number of methoxy groups -OCH3 is 1. The highest BCUT2D eigenvalue weighted by atomic mass is 35.5. The van der Waals surface area contributed by atoms with E-state index >= 15 is 0 Å². The molecule has 6 nitrogen and oxygen atoms in total. The molecule has 0 radical (unpaired) electrons. The van der Waals surface area contributed by atoms with Crippen LogP contribution in [-0.4, -0.2) is 48.3 Å². The van der Waals surface area contributed by atoms with Crippen molar-refractivity contribution in [3.8, 4) is 0 Å². The Labute approximate surface area is 169 Å². The summed E-state index contributed by atoms with van der Waals surface area (Å²) < 4.78 is 10.3. The van der Waals surface area contributed by atoms with E-state index < -0.39 is 17.7 Å². The molecule has 1 saturated heterocycles. The summed E-state index contributed by atoms with van der Waals surface area (Å²) in [5.74, 6) is -0.468. The van der Waals surface area contributed by atoms with Gasteiger partial charge in [-0.3, -0.25) is 4.79 Å². The van der Waals surface area contributed by atoms with Crippen molar-refractivity contribution in [1.29, 1.82) is 0 Å². The Balaban J connectivity index is 2.27. The Morgan fingerprint density at radius 3 is 2.48 bits per heavy atom. The molecule has 1 aromatic carbocycles. The molecule has 1 heterocycles. The maximum atomic E-state index is 12.6. The molecule has 1 aliphatic rings. The van der Waals surface area contributed by atoms with Gasteiger partial charge in [0, 0.05) is 24.5 Å². The molecular weight excluding hydrogens is 391 g/mol. The van der Waals surface area contributed by atoms with Crippen LogP contribution in [0.15, 0.2) is 18.2 Å². The van der Waals surface area contributed by atoms with Gasteiger partial charge in [-0.2, -0.15) is 0 Å². The van der Waals surface area contributed by atoms with Crippen molar-refractivity contribution in [1.82, 2.24) is 4.90 Å². The fourth-order valence-electron chi connectivity index (χ4n) is 3.24. The maximum absolute atomic E-state index is 12.6. The number of ether oxygens (including phenoxy) is 2. The highest BCUT2D eigenvalue weighted by Gasteiger charge is 2.40. The van der Waals surface area contributed by atoms with Crippen LogP contribution in [0.5, 0.6) is 0 Å². The molecule has 1 unspecified atom stereocenters. The number of benzene rings is 1. The van der Waals surface area contributed by atoms with E-state index in [0.717, 1.165) is 5.56 Å². The van der Waals surface area contributed by atoms with Gasteiger partial charge in [-0.05, 0) is 44.9 Å². The molecule has 2 rings (SSSR count). The molecule has 1 aromatic rings. The number of hydrogen-bond acceptors (Lipinski definition) is 5. The van der Waals surface area contributed by atoms with Crippen LogP contribution in [0.2, 0.25) is 10.0 Å². The molecule has 8 heteroatoms. The van der Waals surface area contributed by atoms with Gasteiger partial charge in [-0.15, -0.1) is 0 Å². The number of hydrogen-bond donors (Lipinski definition) is 1. The fraction of sp³-hybridized carbons (Fsp3) is 0.579. The van der Waals surface area contributed by atoms with E-state index in [1.807, 2.05) is 6.07 Å². The van der Waals surface area contributed by atoms with Crippen LogP contribution in [0.4, 0.5) is 4.79 Å². The Kier molecular flexibility index (Phi) is 7.00. The van der Waals surface area contributed by atoms with Crippen LogP contribution in [0.1, 0.15) is 45.1 Å². The number of carbonyl (C=O) groups excluding carboxylic acids is 2. The average Bonchev–Trinajstić information content (AvgIpc) is 2.57. The second-order valence-corrected chi connectivity index (χ2v) is 8.56. The zero-order chi connectivity index (χ0) is 20.4. The minimum absolute atomic E-state index is 0.0697. The molecule has 3 atom stereocenters. The number of piperidine rings is 1. The Morgan fingerprint density at radius 2 is 1.93 bits per heavy atom. The van der Waals surface area contributed by atoms with Crippen LogP contribution in [0, 0.1) is 0 Å². The first-order valence-corrected chi connectivity index (χ1v) is 9.54. The van der Waals surface area contributed by atoms with Gasteiger partial charge >= 0.3 is 12.1 Å². The molecule has 0 spiro atoms. The second-order valence-electron chi connectivity index (χ2n) is 7.75. The van der Waals surface area contributed by atoms with Gasteiger partial charge in [0.2, 0.25) is 0 Å². The second kappa shape index (κ2) is 8.67. The summed E-state index contributed by atoms with van der Waals surface area (Å²) in [6.07, 6.45) is 0.0766. The molecule has 1 aliphatic heterocycles. The number of rotatable bonds is 3. The van der Waals surface area contributed by atoms with E-state index in [4.69, 9.17) is 38.4 Å². The van der Waals surface area contributed by atoms with Gasteiger partial charge in [-0.1, -0.05) is 29.3 Å². The number of nitrogens with two attached hydrogens (primary N) is 1. The smallest absolute Gasteiger partial charge is 0.410 e. The molecule has 1 amide bonds. The quantitative estimate of drug-likeness (QED) is 0.753. The number of likely N-dealkylation sites (tertiary alicyclic amines) is 1. The number of halogens is 2. The summed E-state index contributed by atoms with van der Waals surface area (Å²) in [4.78, 5) is 26.1. The lowest BCUT2D eigenvalue weighted by Gasteiger charge is -2.43. The molecule has 27 heavy (non-hydrogen) atoms. The van der Waals surface area contributed by atoms with Gasteiger partial charge in [-0.25, -0.2) is 4.79 Å². The van der Waals surface area contributed by atoms with Crippen LogP contribution in [0.3, 0.4) is 0 Å². The molecule has 0 saturated carbocycles. The monoisotopic (exact) mass is 416 g/mol. The molecule has 1 fully saturated rings. The summed E-state index contributed by atoms with van der Waals surface area (Å²) in [7, 11) is 1.32. The fourth-order valence-corrected chi connectivity index (χ4v) is 3.54. The standard InChI is InChI=1S/C19H26Cl2N2O4/c1-19(2,3)27-18(25)23-10-16(22)13(8-12(23)9-17(24)26-4)11-5-6-14(20)15(21)7-11/h5-7,12-13,16H,8-10,22H2,1-4H3/t12?,13-,16+/m0/s1. The maximum Gasteiger partial charge on any atom is 0.410 e. The van der Waals surface area contributed by atoms with Crippen molar-refractivity contribution < 1.29 is 19.1 Å². The predicted octanol–water partition coefficient (Wildman–Crippen LogP) is 3.98.